The fourth-order valence-electron chi connectivity index (χ4n) is 0.910. The molecule has 6 heteroatoms. The van der Waals surface area contributed by atoms with Gasteiger partial charge in [0, 0.05) is 6.07 Å². The van der Waals surface area contributed by atoms with Crippen molar-refractivity contribution in [1.82, 2.24) is 0 Å². The summed E-state index contributed by atoms with van der Waals surface area (Å²) in [4.78, 5) is 10.3. The van der Waals surface area contributed by atoms with Gasteiger partial charge in [-0.1, -0.05) is 0 Å². The van der Waals surface area contributed by atoms with Gasteiger partial charge in [-0.05, 0) is 22.0 Å². The van der Waals surface area contributed by atoms with Gasteiger partial charge in [-0.25, -0.2) is 9.18 Å². The van der Waals surface area contributed by atoms with E-state index in [1.807, 2.05) is 5.32 Å². The van der Waals surface area contributed by atoms with Gasteiger partial charge < -0.3 is 9.84 Å². The zero-order valence-corrected chi connectivity index (χ0v) is 8.76. The molecule has 1 rings (SSSR count). The van der Waals surface area contributed by atoms with Gasteiger partial charge in [-0.2, -0.15) is 0 Å². The summed E-state index contributed by atoms with van der Waals surface area (Å²) in [5.74, 6) is -0.310. The van der Waals surface area contributed by atoms with Crippen LogP contribution in [0.3, 0.4) is 0 Å². The van der Waals surface area contributed by atoms with E-state index in [1.54, 1.807) is 0 Å². The Labute approximate surface area is 87.8 Å². The third-order valence-corrected chi connectivity index (χ3v) is 2.09. The van der Waals surface area contributed by atoms with E-state index in [0.717, 1.165) is 6.07 Å². The van der Waals surface area contributed by atoms with Crippen molar-refractivity contribution in [2.45, 2.75) is 0 Å². The van der Waals surface area contributed by atoms with Crippen molar-refractivity contribution < 1.29 is 19.0 Å². The molecule has 1 aromatic carbocycles. The molecule has 0 aromatic heterocycles. The molecule has 14 heavy (non-hydrogen) atoms. The summed E-state index contributed by atoms with van der Waals surface area (Å²) in [5.41, 5.74) is 0.0701. The fraction of sp³-hybridized carbons (Fsp3) is 0.125. The average Bonchev–Trinajstić information content (AvgIpc) is 2.10. The number of amides is 1. The van der Waals surface area contributed by atoms with Gasteiger partial charge in [0.05, 0.1) is 17.3 Å². The molecule has 0 heterocycles. The molecule has 4 nitrogen and oxygen atoms in total. The van der Waals surface area contributed by atoms with E-state index in [0.29, 0.717) is 0 Å². The van der Waals surface area contributed by atoms with E-state index in [1.165, 1.54) is 13.2 Å². The lowest BCUT2D eigenvalue weighted by molar-refractivity contribution is 0.209. The number of rotatable bonds is 2. The van der Waals surface area contributed by atoms with E-state index in [2.05, 4.69) is 15.9 Å². The normalized spacial score (nSPS) is 9.64. The maximum atomic E-state index is 13.0. The molecule has 0 fully saturated rings. The van der Waals surface area contributed by atoms with Crippen molar-refractivity contribution in [3.63, 3.8) is 0 Å². The first-order valence-electron chi connectivity index (χ1n) is 3.57. The molecule has 0 saturated heterocycles. The summed E-state index contributed by atoms with van der Waals surface area (Å²) in [6.07, 6.45) is -1.27. The number of carbonyl (C=O) groups is 1. The number of anilines is 1. The molecular formula is C8H7BrFNO3. The van der Waals surface area contributed by atoms with Crippen molar-refractivity contribution in [3.05, 3.63) is 22.4 Å². The van der Waals surface area contributed by atoms with Crippen LogP contribution in [0.4, 0.5) is 14.9 Å². The number of hydrogen-bond acceptors (Lipinski definition) is 2. The molecule has 0 bridgehead atoms. The molecule has 0 aliphatic heterocycles. The minimum atomic E-state index is -1.27. The molecule has 0 spiro atoms. The average molecular weight is 264 g/mol. The van der Waals surface area contributed by atoms with Crippen molar-refractivity contribution in [1.29, 1.82) is 0 Å². The lowest BCUT2D eigenvalue weighted by atomic mass is 10.3. The maximum Gasteiger partial charge on any atom is 0.409 e. The van der Waals surface area contributed by atoms with Crippen molar-refractivity contribution >= 4 is 27.7 Å². The smallest absolute Gasteiger partial charge is 0.409 e. The van der Waals surface area contributed by atoms with Crippen LogP contribution in [0.5, 0.6) is 5.75 Å². The number of hydrogen-bond donors (Lipinski definition) is 2. The minimum Gasteiger partial charge on any atom is -0.495 e. The first-order chi connectivity index (χ1) is 6.54. The molecular weight excluding hydrogens is 257 g/mol. The predicted octanol–water partition coefficient (Wildman–Crippen LogP) is 2.69. The summed E-state index contributed by atoms with van der Waals surface area (Å²) in [6, 6.07) is 2.39. The fourth-order valence-corrected chi connectivity index (χ4v) is 1.23. The zero-order valence-electron chi connectivity index (χ0n) is 7.17. The second-order valence-corrected chi connectivity index (χ2v) is 3.25. The Balaban J connectivity index is 3.13. The van der Waals surface area contributed by atoms with Crippen molar-refractivity contribution in [3.8, 4) is 5.75 Å². The monoisotopic (exact) mass is 263 g/mol. The Hall–Kier alpha value is -1.30. The summed E-state index contributed by atoms with van der Waals surface area (Å²) < 4.78 is 18.1. The van der Waals surface area contributed by atoms with E-state index in [-0.39, 0.29) is 15.9 Å². The minimum absolute atomic E-state index is 0.0701. The van der Waals surface area contributed by atoms with E-state index in [4.69, 9.17) is 9.84 Å². The molecule has 1 aromatic rings. The van der Waals surface area contributed by atoms with Crippen LogP contribution in [0.2, 0.25) is 0 Å². The lowest BCUT2D eigenvalue weighted by Crippen LogP contribution is -2.08. The van der Waals surface area contributed by atoms with Crippen LogP contribution in [0, 0.1) is 5.82 Å². The van der Waals surface area contributed by atoms with Crippen LogP contribution in [0.1, 0.15) is 0 Å². The van der Waals surface area contributed by atoms with Gasteiger partial charge >= 0.3 is 6.09 Å². The molecule has 0 aliphatic rings. The molecule has 76 valence electrons. The van der Waals surface area contributed by atoms with E-state index >= 15 is 0 Å². The molecule has 0 unspecified atom stereocenters. The number of benzene rings is 1. The van der Waals surface area contributed by atoms with Gasteiger partial charge in [0.2, 0.25) is 0 Å². The number of carboxylic acid groups (broad SMARTS) is 1. The maximum absolute atomic E-state index is 13.0. The second kappa shape index (κ2) is 4.28. The highest BCUT2D eigenvalue weighted by Gasteiger charge is 2.10. The largest absolute Gasteiger partial charge is 0.495 e. The Morgan fingerprint density at radius 1 is 1.64 bits per heavy atom. The Morgan fingerprint density at radius 3 is 2.79 bits per heavy atom. The molecule has 1 amide bonds. The quantitative estimate of drug-likeness (QED) is 0.863. The highest BCUT2D eigenvalue weighted by atomic mass is 79.9. The molecule has 0 radical (unpaired) electrons. The summed E-state index contributed by atoms with van der Waals surface area (Å²) in [6.45, 7) is 0. The van der Waals surface area contributed by atoms with Crippen LogP contribution < -0.4 is 10.1 Å². The number of ether oxygens (including phenoxy) is 1. The predicted molar refractivity (Wildman–Crippen MR) is 52.3 cm³/mol. The first-order valence-corrected chi connectivity index (χ1v) is 4.37. The van der Waals surface area contributed by atoms with Gasteiger partial charge in [-0.15, -0.1) is 0 Å². The summed E-state index contributed by atoms with van der Waals surface area (Å²) in [5, 5.41) is 10.5. The topological polar surface area (TPSA) is 58.6 Å². The van der Waals surface area contributed by atoms with Gasteiger partial charge in [-0.3, -0.25) is 5.32 Å². The third kappa shape index (κ3) is 2.35. The number of nitrogens with one attached hydrogen (secondary N) is 1. The van der Waals surface area contributed by atoms with E-state index in [9.17, 15) is 9.18 Å². The molecule has 2 N–H and O–H groups in total. The van der Waals surface area contributed by atoms with Crippen molar-refractivity contribution in [2.75, 3.05) is 12.4 Å². The van der Waals surface area contributed by atoms with E-state index < -0.39 is 11.9 Å². The second-order valence-electron chi connectivity index (χ2n) is 2.40. The van der Waals surface area contributed by atoms with Crippen LogP contribution in [0.25, 0.3) is 0 Å². The number of methoxy groups -OCH3 is 1. The van der Waals surface area contributed by atoms with Crippen LogP contribution in [-0.2, 0) is 0 Å². The zero-order chi connectivity index (χ0) is 10.7. The molecule has 0 atom stereocenters. The molecule has 0 saturated carbocycles. The van der Waals surface area contributed by atoms with Crippen LogP contribution in [0.15, 0.2) is 16.6 Å². The highest BCUT2D eigenvalue weighted by molar-refractivity contribution is 9.10. The van der Waals surface area contributed by atoms with Crippen LogP contribution in [-0.4, -0.2) is 18.3 Å². The highest BCUT2D eigenvalue weighted by Crippen LogP contribution is 2.30. The first kappa shape index (κ1) is 10.8. The lowest BCUT2D eigenvalue weighted by Gasteiger charge is -2.08. The van der Waals surface area contributed by atoms with Gasteiger partial charge in [0.15, 0.2) is 0 Å². The Kier molecular flexibility index (Phi) is 3.29. The third-order valence-electron chi connectivity index (χ3n) is 1.48. The summed E-state index contributed by atoms with van der Waals surface area (Å²) >= 11 is 2.96. The van der Waals surface area contributed by atoms with Gasteiger partial charge in [0.25, 0.3) is 0 Å². The summed E-state index contributed by atoms with van der Waals surface area (Å²) in [7, 11) is 1.37. The number of halogens is 2. The van der Waals surface area contributed by atoms with Crippen LogP contribution >= 0.6 is 15.9 Å². The van der Waals surface area contributed by atoms with Gasteiger partial charge in [0.1, 0.15) is 11.6 Å². The van der Waals surface area contributed by atoms with Crippen molar-refractivity contribution in [2.24, 2.45) is 0 Å². The molecule has 0 aliphatic carbocycles. The standard InChI is InChI=1S/C8H7BrFNO3/c1-14-7-2-4(9)5(10)3-6(7)11-8(12)13/h2-3,11H,1H3,(H,12,13). The Morgan fingerprint density at radius 2 is 2.29 bits per heavy atom. The Bertz CT molecular complexity index is 370. The SMILES string of the molecule is COc1cc(Br)c(F)cc1NC(=O)O.